The quantitative estimate of drug-likeness (QED) is 0.892. The molecule has 0 spiro atoms. The molecular formula is C16H23N3O. The number of amides is 1. The molecule has 0 aromatic heterocycles. The number of hydrogen-bond acceptors (Lipinski definition) is 3. The molecule has 1 aromatic rings. The number of hydrogen-bond donors (Lipinski definition) is 1. The van der Waals surface area contributed by atoms with E-state index in [1.165, 1.54) is 5.56 Å². The standard InChI is InChI=1S/C16H23N3O/c17-9-14-8-16(20)19(11-14)15-6-7-18(12-15)10-13-4-2-1-3-5-13/h1-5,14-15H,6-12,17H2. The molecule has 2 heterocycles. The van der Waals surface area contributed by atoms with Gasteiger partial charge in [-0.15, -0.1) is 0 Å². The van der Waals surface area contributed by atoms with Crippen LogP contribution in [-0.2, 0) is 11.3 Å². The van der Waals surface area contributed by atoms with Gasteiger partial charge in [0.1, 0.15) is 0 Å². The van der Waals surface area contributed by atoms with Crippen LogP contribution in [0.3, 0.4) is 0 Å². The van der Waals surface area contributed by atoms with Gasteiger partial charge in [0.25, 0.3) is 0 Å². The Morgan fingerprint density at radius 3 is 2.70 bits per heavy atom. The van der Waals surface area contributed by atoms with Crippen molar-refractivity contribution in [2.45, 2.75) is 25.4 Å². The molecule has 0 aliphatic carbocycles. The van der Waals surface area contributed by atoms with E-state index in [-0.39, 0.29) is 0 Å². The third-order valence-electron chi connectivity index (χ3n) is 4.51. The predicted molar refractivity (Wildman–Crippen MR) is 79.0 cm³/mol. The number of nitrogens with zero attached hydrogens (tertiary/aromatic N) is 2. The van der Waals surface area contributed by atoms with Crippen LogP contribution in [0, 0.1) is 5.92 Å². The normalized spacial score (nSPS) is 27.4. The molecule has 3 rings (SSSR count). The van der Waals surface area contributed by atoms with Gasteiger partial charge in [0.2, 0.25) is 5.91 Å². The first-order valence-corrected chi connectivity index (χ1v) is 7.52. The largest absolute Gasteiger partial charge is 0.338 e. The van der Waals surface area contributed by atoms with E-state index in [2.05, 4.69) is 34.1 Å². The molecule has 2 aliphatic heterocycles. The molecule has 2 atom stereocenters. The minimum atomic E-state index is 0.298. The molecule has 2 fully saturated rings. The van der Waals surface area contributed by atoms with Crippen LogP contribution in [0.5, 0.6) is 0 Å². The molecule has 2 unspecified atom stereocenters. The Hall–Kier alpha value is -1.39. The van der Waals surface area contributed by atoms with Crippen molar-refractivity contribution in [3.05, 3.63) is 35.9 Å². The maximum absolute atomic E-state index is 12.0. The fourth-order valence-electron chi connectivity index (χ4n) is 3.37. The Kier molecular flexibility index (Phi) is 4.03. The van der Waals surface area contributed by atoms with Gasteiger partial charge < -0.3 is 10.6 Å². The lowest BCUT2D eigenvalue weighted by Crippen LogP contribution is -2.38. The maximum atomic E-state index is 12.0. The fourth-order valence-corrected chi connectivity index (χ4v) is 3.37. The van der Waals surface area contributed by atoms with Crippen LogP contribution < -0.4 is 5.73 Å². The summed E-state index contributed by atoms with van der Waals surface area (Å²) in [6, 6.07) is 10.9. The molecule has 0 bridgehead atoms. The predicted octanol–water partition coefficient (Wildman–Crippen LogP) is 1.07. The molecule has 4 nitrogen and oxygen atoms in total. The Bertz CT molecular complexity index is 462. The SMILES string of the molecule is NCC1CC(=O)N(C2CCN(Cc3ccccc3)C2)C1. The lowest BCUT2D eigenvalue weighted by Gasteiger charge is -2.25. The molecule has 0 radical (unpaired) electrons. The van der Waals surface area contributed by atoms with E-state index in [1.807, 2.05) is 6.07 Å². The van der Waals surface area contributed by atoms with E-state index in [9.17, 15) is 4.79 Å². The van der Waals surface area contributed by atoms with Crippen molar-refractivity contribution in [3.8, 4) is 0 Å². The van der Waals surface area contributed by atoms with Crippen molar-refractivity contribution in [2.75, 3.05) is 26.2 Å². The molecule has 0 saturated carbocycles. The van der Waals surface area contributed by atoms with Crippen LogP contribution in [0.4, 0.5) is 0 Å². The summed E-state index contributed by atoms with van der Waals surface area (Å²) < 4.78 is 0. The second-order valence-electron chi connectivity index (χ2n) is 6.02. The van der Waals surface area contributed by atoms with E-state index < -0.39 is 0 Å². The van der Waals surface area contributed by atoms with Gasteiger partial charge in [-0.3, -0.25) is 9.69 Å². The minimum absolute atomic E-state index is 0.298. The number of carbonyl (C=O) groups excluding carboxylic acids is 1. The van der Waals surface area contributed by atoms with Crippen LogP contribution in [0.25, 0.3) is 0 Å². The van der Waals surface area contributed by atoms with Gasteiger partial charge in [-0.05, 0) is 24.4 Å². The maximum Gasteiger partial charge on any atom is 0.223 e. The van der Waals surface area contributed by atoms with Crippen molar-refractivity contribution in [1.29, 1.82) is 0 Å². The molecule has 20 heavy (non-hydrogen) atoms. The Balaban J connectivity index is 1.56. The number of rotatable bonds is 4. The molecular weight excluding hydrogens is 250 g/mol. The van der Waals surface area contributed by atoms with Gasteiger partial charge in [0.15, 0.2) is 0 Å². The van der Waals surface area contributed by atoms with Crippen LogP contribution in [0.15, 0.2) is 30.3 Å². The minimum Gasteiger partial charge on any atom is -0.338 e. The zero-order valence-corrected chi connectivity index (χ0v) is 11.9. The molecule has 2 saturated heterocycles. The third-order valence-corrected chi connectivity index (χ3v) is 4.51. The average molecular weight is 273 g/mol. The van der Waals surface area contributed by atoms with Crippen molar-refractivity contribution < 1.29 is 4.79 Å². The van der Waals surface area contributed by atoms with E-state index in [4.69, 9.17) is 5.73 Å². The topological polar surface area (TPSA) is 49.6 Å². The van der Waals surface area contributed by atoms with Crippen LogP contribution >= 0.6 is 0 Å². The fraction of sp³-hybridized carbons (Fsp3) is 0.562. The first-order chi connectivity index (χ1) is 9.76. The highest BCUT2D eigenvalue weighted by Gasteiger charge is 2.36. The summed E-state index contributed by atoms with van der Waals surface area (Å²) in [5.41, 5.74) is 7.04. The number of carbonyl (C=O) groups is 1. The summed E-state index contributed by atoms with van der Waals surface area (Å²) in [5, 5.41) is 0. The Morgan fingerprint density at radius 1 is 1.20 bits per heavy atom. The highest BCUT2D eigenvalue weighted by molar-refractivity contribution is 5.79. The van der Waals surface area contributed by atoms with Gasteiger partial charge in [-0.2, -0.15) is 0 Å². The molecule has 1 aromatic carbocycles. The Labute approximate surface area is 120 Å². The number of nitrogens with two attached hydrogens (primary N) is 1. The number of benzene rings is 1. The zero-order valence-electron chi connectivity index (χ0n) is 11.9. The summed E-state index contributed by atoms with van der Waals surface area (Å²) in [7, 11) is 0. The van der Waals surface area contributed by atoms with Crippen molar-refractivity contribution in [1.82, 2.24) is 9.80 Å². The van der Waals surface area contributed by atoms with E-state index >= 15 is 0 Å². The smallest absolute Gasteiger partial charge is 0.223 e. The van der Waals surface area contributed by atoms with Crippen molar-refractivity contribution >= 4 is 5.91 Å². The molecule has 2 aliphatic rings. The molecule has 1 amide bonds. The summed E-state index contributed by atoms with van der Waals surface area (Å²) in [4.78, 5) is 16.6. The van der Waals surface area contributed by atoms with Gasteiger partial charge in [0, 0.05) is 38.6 Å². The second-order valence-corrected chi connectivity index (χ2v) is 6.02. The Morgan fingerprint density at radius 2 is 2.00 bits per heavy atom. The van der Waals surface area contributed by atoms with Crippen molar-refractivity contribution in [2.24, 2.45) is 11.7 Å². The van der Waals surface area contributed by atoms with Crippen molar-refractivity contribution in [3.63, 3.8) is 0 Å². The lowest BCUT2D eigenvalue weighted by atomic mass is 10.1. The van der Waals surface area contributed by atoms with Crippen LogP contribution in [0.1, 0.15) is 18.4 Å². The highest BCUT2D eigenvalue weighted by atomic mass is 16.2. The van der Waals surface area contributed by atoms with Gasteiger partial charge in [-0.1, -0.05) is 30.3 Å². The molecule has 108 valence electrons. The highest BCUT2D eigenvalue weighted by Crippen LogP contribution is 2.25. The first-order valence-electron chi connectivity index (χ1n) is 7.52. The monoisotopic (exact) mass is 273 g/mol. The first kappa shape index (κ1) is 13.6. The average Bonchev–Trinajstić information content (AvgIpc) is 3.06. The molecule has 2 N–H and O–H groups in total. The van der Waals surface area contributed by atoms with E-state index in [0.717, 1.165) is 32.6 Å². The summed E-state index contributed by atoms with van der Waals surface area (Å²) in [5.74, 6) is 0.665. The van der Waals surface area contributed by atoms with Gasteiger partial charge >= 0.3 is 0 Å². The van der Waals surface area contributed by atoms with Crippen LogP contribution in [0.2, 0.25) is 0 Å². The van der Waals surface area contributed by atoms with E-state index in [0.29, 0.717) is 30.8 Å². The van der Waals surface area contributed by atoms with E-state index in [1.54, 1.807) is 0 Å². The van der Waals surface area contributed by atoms with Gasteiger partial charge in [0.05, 0.1) is 0 Å². The van der Waals surface area contributed by atoms with Gasteiger partial charge in [-0.25, -0.2) is 0 Å². The van der Waals surface area contributed by atoms with Crippen LogP contribution in [-0.4, -0.2) is 47.9 Å². The lowest BCUT2D eigenvalue weighted by molar-refractivity contribution is -0.129. The third kappa shape index (κ3) is 2.86. The zero-order chi connectivity index (χ0) is 13.9. The summed E-state index contributed by atoms with van der Waals surface area (Å²) in [6.45, 7) is 4.55. The second kappa shape index (κ2) is 5.94. The summed E-state index contributed by atoms with van der Waals surface area (Å²) in [6.07, 6.45) is 1.74. The summed E-state index contributed by atoms with van der Waals surface area (Å²) >= 11 is 0. The molecule has 4 heteroatoms. The number of likely N-dealkylation sites (tertiary alicyclic amines) is 2.